The number of rotatable bonds is 4. The Labute approximate surface area is 144 Å². The summed E-state index contributed by atoms with van der Waals surface area (Å²) in [4.78, 5) is 17.7. The van der Waals surface area contributed by atoms with E-state index >= 15 is 0 Å². The van der Waals surface area contributed by atoms with Crippen LogP contribution in [0.2, 0.25) is 4.34 Å². The van der Waals surface area contributed by atoms with Gasteiger partial charge in [-0.1, -0.05) is 11.6 Å². The van der Waals surface area contributed by atoms with E-state index in [2.05, 4.69) is 46.5 Å². The van der Waals surface area contributed by atoms with Crippen molar-refractivity contribution in [3.05, 3.63) is 35.9 Å². The van der Waals surface area contributed by atoms with E-state index in [9.17, 15) is 18.5 Å². The van der Waals surface area contributed by atoms with Crippen LogP contribution in [0.1, 0.15) is 0 Å². The predicted octanol–water partition coefficient (Wildman–Crippen LogP) is 3.43. The van der Waals surface area contributed by atoms with Crippen LogP contribution >= 0.6 is 54.8 Å². The molecular formula is C8H3Br2ClN4O4S2. The van der Waals surface area contributed by atoms with Gasteiger partial charge in [0, 0.05) is 6.07 Å². The second kappa shape index (κ2) is 6.12. The first-order valence-corrected chi connectivity index (χ1v) is 9.11. The van der Waals surface area contributed by atoms with Crippen LogP contribution in [0.3, 0.4) is 0 Å². The third kappa shape index (κ3) is 3.69. The fraction of sp³-hybridized carbons (Fsp3) is 0. The Morgan fingerprint density at radius 1 is 1.43 bits per heavy atom. The number of nitrogens with one attached hydrogen (secondary N) is 1. The summed E-state index contributed by atoms with van der Waals surface area (Å²) in [7, 11) is -4.05. The van der Waals surface area contributed by atoms with Gasteiger partial charge in [0.2, 0.25) is 0 Å². The number of hydrogen-bond donors (Lipinski definition) is 1. The second-order valence-electron chi connectivity index (χ2n) is 3.42. The molecule has 0 spiro atoms. The minimum Gasteiger partial charge on any atom is -0.260 e. The van der Waals surface area contributed by atoms with Gasteiger partial charge in [-0.05, 0) is 31.9 Å². The van der Waals surface area contributed by atoms with Crippen LogP contribution in [-0.4, -0.2) is 23.3 Å². The Hall–Kier alpha value is -0.820. The Morgan fingerprint density at radius 2 is 2.10 bits per heavy atom. The first-order valence-electron chi connectivity index (χ1n) is 4.85. The van der Waals surface area contributed by atoms with E-state index in [4.69, 9.17) is 11.6 Å². The van der Waals surface area contributed by atoms with Crippen LogP contribution in [0.5, 0.6) is 0 Å². The Bertz CT molecular complexity index is 826. The van der Waals surface area contributed by atoms with Gasteiger partial charge in [0.05, 0.1) is 11.1 Å². The maximum absolute atomic E-state index is 12.1. The van der Waals surface area contributed by atoms with Gasteiger partial charge in [-0.2, -0.15) is 0 Å². The molecule has 0 saturated heterocycles. The molecule has 0 atom stereocenters. The SMILES string of the molecule is O=[N+]([O-])c1cc(S(=O)(=O)Nc2ncc(Br)nc2Br)sc1Cl. The summed E-state index contributed by atoms with van der Waals surface area (Å²) in [5.74, 6) is -0.0506. The minimum atomic E-state index is -4.05. The van der Waals surface area contributed by atoms with E-state index in [1.54, 1.807) is 0 Å². The predicted molar refractivity (Wildman–Crippen MR) is 84.2 cm³/mol. The van der Waals surface area contributed by atoms with Crippen LogP contribution in [0.4, 0.5) is 11.5 Å². The number of anilines is 1. The summed E-state index contributed by atoms with van der Waals surface area (Å²) in [5, 5.41) is 10.7. The van der Waals surface area contributed by atoms with Crippen molar-refractivity contribution < 1.29 is 13.3 Å². The standard InChI is InChI=1S/C8H3Br2ClN4O4S2/c9-4-2-12-8(6(10)13-4)14-21(18,19)5-1-3(15(16)17)7(11)20-5/h1-2H,(H,12,14). The molecule has 2 rings (SSSR count). The largest absolute Gasteiger partial charge is 0.300 e. The maximum Gasteiger partial charge on any atom is 0.300 e. The van der Waals surface area contributed by atoms with Crippen LogP contribution < -0.4 is 4.72 Å². The van der Waals surface area contributed by atoms with Crippen molar-refractivity contribution >= 4 is 76.3 Å². The lowest BCUT2D eigenvalue weighted by atomic mass is 10.6. The second-order valence-corrected chi connectivity index (χ2v) is 8.55. The van der Waals surface area contributed by atoms with Gasteiger partial charge < -0.3 is 0 Å². The molecule has 112 valence electrons. The Balaban J connectivity index is 2.38. The summed E-state index contributed by atoms with van der Waals surface area (Å²) in [5.41, 5.74) is -0.469. The summed E-state index contributed by atoms with van der Waals surface area (Å²) >= 11 is 12.4. The lowest BCUT2D eigenvalue weighted by Gasteiger charge is -2.06. The average molecular weight is 479 g/mol. The molecule has 21 heavy (non-hydrogen) atoms. The molecular weight excluding hydrogens is 476 g/mol. The zero-order valence-electron chi connectivity index (χ0n) is 9.58. The van der Waals surface area contributed by atoms with Crippen molar-refractivity contribution in [2.75, 3.05) is 4.72 Å². The Morgan fingerprint density at radius 3 is 2.62 bits per heavy atom. The van der Waals surface area contributed by atoms with Crippen LogP contribution in [0, 0.1) is 10.1 Å². The van der Waals surface area contributed by atoms with Crippen molar-refractivity contribution in [2.45, 2.75) is 4.21 Å². The molecule has 0 amide bonds. The molecule has 0 unspecified atom stereocenters. The monoisotopic (exact) mass is 476 g/mol. The minimum absolute atomic E-state index is 0.0506. The summed E-state index contributed by atoms with van der Waals surface area (Å²) in [6.07, 6.45) is 1.30. The molecule has 0 radical (unpaired) electrons. The Kier molecular flexibility index (Phi) is 4.82. The quantitative estimate of drug-likeness (QED) is 0.532. The highest BCUT2D eigenvalue weighted by Gasteiger charge is 2.26. The van der Waals surface area contributed by atoms with Gasteiger partial charge in [0.15, 0.2) is 14.8 Å². The summed E-state index contributed by atoms with van der Waals surface area (Å²) < 4.78 is 26.5. The molecule has 2 aromatic rings. The number of halogens is 3. The molecule has 1 N–H and O–H groups in total. The lowest BCUT2D eigenvalue weighted by Crippen LogP contribution is -2.13. The first-order chi connectivity index (χ1) is 9.70. The van der Waals surface area contributed by atoms with Crippen LogP contribution in [0.15, 0.2) is 25.7 Å². The van der Waals surface area contributed by atoms with E-state index in [0.29, 0.717) is 15.9 Å². The third-order valence-corrected chi connectivity index (χ3v) is 6.12. The van der Waals surface area contributed by atoms with Crippen molar-refractivity contribution in [3.8, 4) is 0 Å². The molecule has 0 bridgehead atoms. The molecule has 13 heteroatoms. The number of sulfonamides is 1. The highest BCUT2D eigenvalue weighted by molar-refractivity contribution is 9.11. The molecule has 2 aromatic heterocycles. The van der Waals surface area contributed by atoms with Gasteiger partial charge in [0.1, 0.15) is 8.81 Å². The normalized spacial score (nSPS) is 11.4. The van der Waals surface area contributed by atoms with E-state index in [0.717, 1.165) is 6.07 Å². The molecule has 0 saturated carbocycles. The van der Waals surface area contributed by atoms with Crippen molar-refractivity contribution in [1.82, 2.24) is 9.97 Å². The zero-order chi connectivity index (χ0) is 15.8. The number of nitrogens with zero attached hydrogens (tertiary/aromatic N) is 3. The smallest absolute Gasteiger partial charge is 0.260 e. The van der Waals surface area contributed by atoms with Gasteiger partial charge >= 0.3 is 0 Å². The third-order valence-electron chi connectivity index (χ3n) is 2.04. The molecule has 0 fully saturated rings. The number of aromatic nitrogens is 2. The first kappa shape index (κ1) is 16.5. The van der Waals surface area contributed by atoms with Crippen LogP contribution in [0.25, 0.3) is 0 Å². The average Bonchev–Trinajstić information content (AvgIpc) is 2.76. The van der Waals surface area contributed by atoms with Gasteiger partial charge in [0.25, 0.3) is 15.7 Å². The van der Waals surface area contributed by atoms with Crippen molar-refractivity contribution in [3.63, 3.8) is 0 Å². The van der Waals surface area contributed by atoms with Crippen molar-refractivity contribution in [1.29, 1.82) is 0 Å². The van der Waals surface area contributed by atoms with E-state index in [1.165, 1.54) is 6.20 Å². The molecule has 0 aromatic carbocycles. The maximum atomic E-state index is 12.1. The van der Waals surface area contributed by atoms with Crippen LogP contribution in [-0.2, 0) is 10.0 Å². The molecule has 0 aliphatic carbocycles. The van der Waals surface area contributed by atoms with E-state index < -0.39 is 20.6 Å². The highest BCUT2D eigenvalue weighted by atomic mass is 79.9. The van der Waals surface area contributed by atoms with Gasteiger partial charge in [-0.3, -0.25) is 14.8 Å². The number of thiophene rings is 1. The highest BCUT2D eigenvalue weighted by Crippen LogP contribution is 2.37. The fourth-order valence-electron chi connectivity index (χ4n) is 1.19. The topological polar surface area (TPSA) is 115 Å². The van der Waals surface area contributed by atoms with Gasteiger partial charge in [-0.25, -0.2) is 18.4 Å². The summed E-state index contributed by atoms with van der Waals surface area (Å²) in [6.45, 7) is 0. The fourth-order valence-corrected chi connectivity index (χ4v) is 4.91. The number of nitro groups is 1. The molecule has 8 nitrogen and oxygen atoms in total. The van der Waals surface area contributed by atoms with Crippen molar-refractivity contribution in [2.24, 2.45) is 0 Å². The zero-order valence-corrected chi connectivity index (χ0v) is 15.1. The summed E-state index contributed by atoms with van der Waals surface area (Å²) in [6, 6.07) is 0.884. The lowest BCUT2D eigenvalue weighted by molar-refractivity contribution is -0.384. The van der Waals surface area contributed by atoms with Gasteiger partial charge in [-0.15, -0.1) is 11.3 Å². The van der Waals surface area contributed by atoms with E-state index in [-0.39, 0.29) is 19.0 Å². The van der Waals surface area contributed by atoms with E-state index in [1.807, 2.05) is 0 Å². The molecule has 0 aliphatic rings. The molecule has 2 heterocycles. The number of hydrogen-bond acceptors (Lipinski definition) is 7. The molecule has 0 aliphatic heterocycles.